The van der Waals surface area contributed by atoms with Gasteiger partial charge in [-0.1, -0.05) is 12.1 Å². The van der Waals surface area contributed by atoms with E-state index in [1.165, 1.54) is 42.1 Å². The molecule has 2 aromatic heterocycles. The van der Waals surface area contributed by atoms with Crippen molar-refractivity contribution in [2.75, 3.05) is 11.5 Å². The molecule has 0 saturated carbocycles. The van der Waals surface area contributed by atoms with Gasteiger partial charge < -0.3 is 25.7 Å². The fraction of sp³-hybridized carbons (Fsp3) is 0.261. The summed E-state index contributed by atoms with van der Waals surface area (Å²) in [5.41, 5.74) is -0.165. The Bertz CT molecular complexity index is 1630. The number of phenolic OH excluding ortho intramolecular Hbond substituents is 1. The maximum Gasteiger partial charge on any atom is 0.367 e. The van der Waals surface area contributed by atoms with Crippen molar-refractivity contribution in [2.24, 2.45) is 0 Å². The molecule has 0 bridgehead atoms. The lowest BCUT2D eigenvalue weighted by Crippen LogP contribution is -2.70. The number of aliphatic hydroxyl groups excluding tert-OH is 1. The summed E-state index contributed by atoms with van der Waals surface area (Å²) in [6.45, 7) is -0.626. The van der Waals surface area contributed by atoms with Crippen LogP contribution in [0, 0.1) is 0 Å². The Kier molecular flexibility index (Phi) is 7.26. The summed E-state index contributed by atoms with van der Waals surface area (Å²) in [6.07, 6.45) is -1.59. The first-order valence-electron chi connectivity index (χ1n) is 11.5. The third-order valence-electron chi connectivity index (χ3n) is 6.10. The monoisotopic (exact) mass is 588 g/mol. The highest BCUT2D eigenvalue weighted by Crippen LogP contribution is 2.41. The Labute approximate surface area is 232 Å². The zero-order chi connectivity index (χ0) is 28.7. The first-order chi connectivity index (χ1) is 19.0. The van der Waals surface area contributed by atoms with E-state index in [9.17, 15) is 39.3 Å². The topological polar surface area (TPSA) is 217 Å². The van der Waals surface area contributed by atoms with Crippen molar-refractivity contribution in [3.8, 4) is 5.75 Å². The molecule has 1 aromatic carbocycles. The van der Waals surface area contributed by atoms with Crippen LogP contribution in [-0.4, -0.2) is 91.4 Å². The van der Waals surface area contributed by atoms with E-state index < -0.39 is 53.5 Å². The number of fused-ring (bicyclic) bond motifs is 2. The van der Waals surface area contributed by atoms with Gasteiger partial charge in [0.15, 0.2) is 11.8 Å². The number of aliphatic hydroxyl groups is 1. The van der Waals surface area contributed by atoms with E-state index in [0.29, 0.717) is 10.6 Å². The average molecular weight is 589 g/mol. The van der Waals surface area contributed by atoms with E-state index in [4.69, 9.17) is 5.11 Å². The number of β-lactam (4-membered cyclic amide) rings is 1. The summed E-state index contributed by atoms with van der Waals surface area (Å²) >= 11 is 2.37. The molecule has 15 nitrogen and oxygen atoms in total. The number of hydrogen-bond acceptors (Lipinski definition) is 11. The van der Waals surface area contributed by atoms with Crippen LogP contribution in [0.2, 0.25) is 0 Å². The quantitative estimate of drug-likeness (QED) is 0.154. The molecule has 5 rings (SSSR count). The number of carbonyl (C=O) groups is 4. The maximum absolute atomic E-state index is 12.9. The lowest BCUT2D eigenvalue weighted by Gasteiger charge is -2.49. The number of thioether (sulfide) groups is 2. The minimum absolute atomic E-state index is 0.0428. The Morgan fingerprint density at radius 3 is 2.50 bits per heavy atom. The molecule has 0 radical (unpaired) electrons. The number of amides is 2. The molecule has 2 aliphatic rings. The van der Waals surface area contributed by atoms with Gasteiger partial charge in [-0.25, -0.2) is 9.59 Å². The molecular weight excluding hydrogens is 568 g/mol. The summed E-state index contributed by atoms with van der Waals surface area (Å²) < 4.78 is 1.71. The summed E-state index contributed by atoms with van der Waals surface area (Å²) in [7, 11) is 0. The van der Waals surface area contributed by atoms with E-state index in [-0.39, 0.29) is 34.2 Å². The Balaban J connectivity index is 1.29. The van der Waals surface area contributed by atoms with Crippen LogP contribution >= 0.6 is 23.5 Å². The lowest BCUT2D eigenvalue weighted by molar-refractivity contribution is -0.151. The van der Waals surface area contributed by atoms with Gasteiger partial charge in [0, 0.05) is 11.5 Å². The molecule has 0 aliphatic carbocycles. The number of rotatable bonds is 9. The van der Waals surface area contributed by atoms with Crippen LogP contribution in [0.25, 0.3) is 5.65 Å². The fourth-order valence-electron chi connectivity index (χ4n) is 4.20. The van der Waals surface area contributed by atoms with E-state index >= 15 is 0 Å². The second-order valence-corrected chi connectivity index (χ2v) is 10.8. The van der Waals surface area contributed by atoms with Crippen molar-refractivity contribution < 1.29 is 39.6 Å². The summed E-state index contributed by atoms with van der Waals surface area (Å²) in [5, 5.41) is 48.7. The van der Waals surface area contributed by atoms with Gasteiger partial charge in [0.2, 0.25) is 0 Å². The van der Waals surface area contributed by atoms with Crippen molar-refractivity contribution in [2.45, 2.75) is 29.1 Å². The molecule has 40 heavy (non-hydrogen) atoms. The zero-order valence-corrected chi connectivity index (χ0v) is 21.8. The molecule has 4 heterocycles. The van der Waals surface area contributed by atoms with Gasteiger partial charge in [0.25, 0.3) is 11.8 Å². The lowest BCUT2D eigenvalue weighted by atomic mass is 10.0. The van der Waals surface area contributed by atoms with Crippen LogP contribution in [0.4, 0.5) is 0 Å². The summed E-state index contributed by atoms with van der Waals surface area (Å²) in [6, 6.07) is 7.34. The molecule has 208 valence electrons. The molecule has 1 unspecified atom stereocenters. The van der Waals surface area contributed by atoms with E-state index in [1.54, 1.807) is 6.07 Å². The summed E-state index contributed by atoms with van der Waals surface area (Å²) in [5.74, 6) is -3.73. The number of benzene rings is 1. The van der Waals surface area contributed by atoms with Gasteiger partial charge in [-0.2, -0.15) is 14.3 Å². The van der Waals surface area contributed by atoms with Crippen LogP contribution in [-0.2, 0) is 25.7 Å². The number of carboxylic acids is 2. The Morgan fingerprint density at radius 1 is 1.10 bits per heavy atom. The van der Waals surface area contributed by atoms with Gasteiger partial charge in [0.05, 0.1) is 0 Å². The predicted molar refractivity (Wildman–Crippen MR) is 138 cm³/mol. The molecule has 1 fully saturated rings. The van der Waals surface area contributed by atoms with Crippen molar-refractivity contribution in [3.63, 3.8) is 0 Å². The van der Waals surface area contributed by atoms with E-state index in [1.807, 2.05) is 0 Å². The number of hydrogen-bond donors (Lipinski definition) is 5. The van der Waals surface area contributed by atoms with Gasteiger partial charge in [0.1, 0.15) is 34.4 Å². The summed E-state index contributed by atoms with van der Waals surface area (Å²) in [4.78, 5) is 62.0. The molecule has 3 atom stereocenters. The molecule has 2 aliphatic heterocycles. The van der Waals surface area contributed by atoms with Crippen molar-refractivity contribution in [3.05, 3.63) is 63.7 Å². The zero-order valence-electron chi connectivity index (χ0n) is 20.2. The highest BCUT2D eigenvalue weighted by molar-refractivity contribution is 8.01. The number of phenols is 1. The fourth-order valence-corrected chi connectivity index (χ4v) is 6.54. The van der Waals surface area contributed by atoms with Crippen molar-refractivity contribution in [1.82, 2.24) is 29.6 Å². The molecule has 0 spiro atoms. The minimum atomic E-state index is -1.59. The standard InChI is InChI=1S/C23H20N6O9S2/c30-12-3-1-10(2-4-12)18(33)19(34)24-16-20(35)28-17(22(36)37)11(9-40-21(16)28)8-39-14-6-5-13-25-27(7-15(31)32)23(38)29(13)26-14/h1-6,16,18,21,30,33H,7-9H2,(H,24,34)(H,31,32)(H,36,37)/t16?,18-,21-/m1/s1. The molecule has 2 amide bonds. The van der Waals surface area contributed by atoms with Gasteiger partial charge in [-0.05, 0) is 35.4 Å². The second-order valence-electron chi connectivity index (χ2n) is 8.71. The van der Waals surface area contributed by atoms with Crippen LogP contribution in [0.5, 0.6) is 5.75 Å². The number of aromatic hydroxyl groups is 1. The highest BCUT2D eigenvalue weighted by atomic mass is 32.2. The first-order valence-corrected chi connectivity index (χ1v) is 13.6. The van der Waals surface area contributed by atoms with Crippen LogP contribution in [0.1, 0.15) is 11.7 Å². The maximum atomic E-state index is 12.9. The third kappa shape index (κ3) is 5.01. The first kappa shape index (κ1) is 27.2. The minimum Gasteiger partial charge on any atom is -0.508 e. The predicted octanol–water partition coefficient (Wildman–Crippen LogP) is -0.754. The largest absolute Gasteiger partial charge is 0.508 e. The van der Waals surface area contributed by atoms with Crippen molar-refractivity contribution >= 4 is 52.9 Å². The average Bonchev–Trinajstić information content (AvgIpc) is 3.23. The van der Waals surface area contributed by atoms with Crippen molar-refractivity contribution in [1.29, 1.82) is 0 Å². The molecule has 3 aromatic rings. The third-order valence-corrected chi connectivity index (χ3v) is 8.45. The van der Waals surface area contributed by atoms with Crippen LogP contribution < -0.4 is 11.0 Å². The molecular formula is C23H20N6O9S2. The van der Waals surface area contributed by atoms with Gasteiger partial charge >= 0.3 is 17.6 Å². The second kappa shape index (κ2) is 10.7. The number of carbonyl (C=O) groups excluding carboxylic acids is 2. The molecule has 5 N–H and O–H groups in total. The number of nitrogens with one attached hydrogen (secondary N) is 1. The number of aromatic nitrogens is 4. The Morgan fingerprint density at radius 2 is 1.82 bits per heavy atom. The smallest absolute Gasteiger partial charge is 0.367 e. The molecule has 1 saturated heterocycles. The van der Waals surface area contributed by atoms with Gasteiger partial charge in [-0.3, -0.25) is 19.3 Å². The SMILES string of the molecule is O=C(O)Cn1nc2ccc(SCC3=C(C(=O)O)N4C(=O)C(NC(=O)[C@H](O)c5ccc(O)cc5)[C@H]4SC3)nn2c1=O. The normalized spacial score (nSPS) is 19.2. The number of nitrogens with zero attached hydrogens (tertiary/aromatic N) is 5. The molecule has 17 heteroatoms. The Hall–Kier alpha value is -4.35. The number of aliphatic carboxylic acids is 2. The van der Waals surface area contributed by atoms with Gasteiger partial charge in [-0.15, -0.1) is 28.6 Å². The van der Waals surface area contributed by atoms with Crippen LogP contribution in [0.15, 0.2) is 57.5 Å². The van der Waals surface area contributed by atoms with E-state index in [0.717, 1.165) is 25.9 Å². The van der Waals surface area contributed by atoms with E-state index in [2.05, 4.69) is 15.5 Å². The highest BCUT2D eigenvalue weighted by Gasteiger charge is 2.54. The van der Waals surface area contributed by atoms with Crippen LogP contribution in [0.3, 0.4) is 0 Å². The number of carboxylic acid groups (broad SMARTS) is 2.